The van der Waals surface area contributed by atoms with E-state index >= 15 is 0 Å². The molecule has 1 atom stereocenters. The second kappa shape index (κ2) is 4.23. The highest BCUT2D eigenvalue weighted by Crippen LogP contribution is 2.06. The molecule has 0 saturated heterocycles. The number of thiol groups is 1. The Morgan fingerprint density at radius 1 is 1.82 bits per heavy atom. The molecule has 0 bridgehead atoms. The van der Waals surface area contributed by atoms with E-state index in [-0.39, 0.29) is 5.75 Å². The summed E-state index contributed by atoms with van der Waals surface area (Å²) in [6, 6.07) is 0. The summed E-state index contributed by atoms with van der Waals surface area (Å²) in [4.78, 5) is 21.0. The quantitative estimate of drug-likeness (QED) is 0.349. The molecule has 4 nitrogen and oxygen atoms in total. The summed E-state index contributed by atoms with van der Waals surface area (Å²) in [5, 5.41) is 2.33. The lowest BCUT2D eigenvalue weighted by Gasteiger charge is -2.22. The third kappa shape index (κ3) is 2.42. The minimum Gasteiger partial charge on any atom is -0.467 e. The van der Waals surface area contributed by atoms with Crippen LogP contribution in [0.1, 0.15) is 6.92 Å². The first-order valence-corrected chi connectivity index (χ1v) is 3.64. The van der Waals surface area contributed by atoms with Crippen molar-refractivity contribution in [2.75, 3.05) is 12.9 Å². The molecule has 0 aliphatic carbocycles. The van der Waals surface area contributed by atoms with Gasteiger partial charge in [0, 0.05) is 5.75 Å². The molecule has 5 heteroatoms. The zero-order valence-electron chi connectivity index (χ0n) is 6.46. The van der Waals surface area contributed by atoms with Gasteiger partial charge in [0.05, 0.1) is 7.11 Å². The van der Waals surface area contributed by atoms with Crippen molar-refractivity contribution >= 4 is 25.0 Å². The lowest BCUT2D eigenvalue weighted by atomic mass is 10.1. The van der Waals surface area contributed by atoms with E-state index in [2.05, 4.69) is 22.7 Å². The summed E-state index contributed by atoms with van der Waals surface area (Å²) < 4.78 is 4.45. The normalized spacial score (nSPS) is 14.8. The highest BCUT2D eigenvalue weighted by atomic mass is 32.1. The topological polar surface area (TPSA) is 55.4 Å². The van der Waals surface area contributed by atoms with Gasteiger partial charge in [-0.05, 0) is 6.92 Å². The summed E-state index contributed by atoms with van der Waals surface area (Å²) in [5.41, 5.74) is -1.01. The van der Waals surface area contributed by atoms with E-state index in [4.69, 9.17) is 0 Å². The minimum absolute atomic E-state index is 0.207. The van der Waals surface area contributed by atoms with Crippen LogP contribution in [0.2, 0.25) is 0 Å². The van der Waals surface area contributed by atoms with Gasteiger partial charge in [-0.25, -0.2) is 4.79 Å². The Kier molecular flexibility index (Phi) is 3.95. The molecular weight excluding hydrogens is 166 g/mol. The largest absolute Gasteiger partial charge is 0.467 e. The fourth-order valence-electron chi connectivity index (χ4n) is 0.524. The van der Waals surface area contributed by atoms with Crippen LogP contribution in [0.15, 0.2) is 0 Å². The Hall–Kier alpha value is -0.710. The van der Waals surface area contributed by atoms with Gasteiger partial charge >= 0.3 is 5.97 Å². The highest BCUT2D eigenvalue weighted by Gasteiger charge is 2.31. The highest BCUT2D eigenvalue weighted by molar-refractivity contribution is 7.80. The van der Waals surface area contributed by atoms with Gasteiger partial charge in [-0.15, -0.1) is 0 Å². The van der Waals surface area contributed by atoms with Crippen molar-refractivity contribution in [1.29, 1.82) is 0 Å². The first kappa shape index (κ1) is 10.3. The number of nitrogens with one attached hydrogen (secondary N) is 1. The maximum Gasteiger partial charge on any atom is 0.332 e. The van der Waals surface area contributed by atoms with Gasteiger partial charge in [0.15, 0.2) is 0 Å². The lowest BCUT2D eigenvalue weighted by molar-refractivity contribution is -0.147. The van der Waals surface area contributed by atoms with E-state index in [9.17, 15) is 9.59 Å². The molecule has 0 rings (SSSR count). The van der Waals surface area contributed by atoms with E-state index in [1.165, 1.54) is 7.11 Å². The van der Waals surface area contributed by atoms with Gasteiger partial charge in [0.1, 0.15) is 5.54 Å². The molecule has 0 fully saturated rings. The lowest BCUT2D eigenvalue weighted by Crippen LogP contribution is -2.51. The van der Waals surface area contributed by atoms with Crippen molar-refractivity contribution in [1.82, 2.24) is 5.32 Å². The third-order valence-electron chi connectivity index (χ3n) is 1.33. The van der Waals surface area contributed by atoms with Crippen LogP contribution < -0.4 is 5.32 Å². The molecule has 11 heavy (non-hydrogen) atoms. The van der Waals surface area contributed by atoms with Crippen molar-refractivity contribution in [3.8, 4) is 0 Å². The molecule has 0 heterocycles. The average Bonchev–Trinajstić information content (AvgIpc) is 2.03. The van der Waals surface area contributed by atoms with Crippen LogP contribution in [0.4, 0.5) is 0 Å². The number of carbonyl (C=O) groups excluding carboxylic acids is 2. The maximum absolute atomic E-state index is 11.0. The molecule has 64 valence electrons. The van der Waals surface area contributed by atoms with E-state index < -0.39 is 11.5 Å². The molecule has 0 aromatic heterocycles. The standard InChI is InChI=1S/C6H11NO3S/c1-6(3-11,7-4-8)5(9)10-2/h4,11H,3H2,1-2H3,(H,7,8). The summed E-state index contributed by atoms with van der Waals surface area (Å²) in [5.74, 6) is -0.294. The number of amides is 1. The average molecular weight is 177 g/mol. The predicted molar refractivity (Wildman–Crippen MR) is 43.5 cm³/mol. The Balaban J connectivity index is 4.31. The Bertz CT molecular complexity index is 162. The molecule has 0 saturated carbocycles. The molecular formula is C6H11NO3S. The van der Waals surface area contributed by atoms with Gasteiger partial charge in [0.2, 0.25) is 6.41 Å². The van der Waals surface area contributed by atoms with Crippen molar-refractivity contribution < 1.29 is 14.3 Å². The van der Waals surface area contributed by atoms with E-state index in [0.717, 1.165) is 0 Å². The number of hydrogen-bond donors (Lipinski definition) is 2. The van der Waals surface area contributed by atoms with Gasteiger partial charge in [-0.3, -0.25) is 4.79 Å². The number of ether oxygens (including phenoxy) is 1. The summed E-state index contributed by atoms with van der Waals surface area (Å²) >= 11 is 3.91. The van der Waals surface area contributed by atoms with Crippen LogP contribution >= 0.6 is 12.6 Å². The second-order valence-corrected chi connectivity index (χ2v) is 2.56. The van der Waals surface area contributed by atoms with Crippen molar-refractivity contribution in [3.63, 3.8) is 0 Å². The zero-order valence-corrected chi connectivity index (χ0v) is 7.35. The minimum atomic E-state index is -1.01. The summed E-state index contributed by atoms with van der Waals surface area (Å²) in [6.45, 7) is 1.54. The molecule has 0 radical (unpaired) electrons. The van der Waals surface area contributed by atoms with E-state index in [0.29, 0.717) is 6.41 Å². The Morgan fingerprint density at radius 3 is 2.64 bits per heavy atom. The van der Waals surface area contributed by atoms with Crippen molar-refractivity contribution in [2.24, 2.45) is 0 Å². The van der Waals surface area contributed by atoms with Gasteiger partial charge in [-0.2, -0.15) is 12.6 Å². The van der Waals surface area contributed by atoms with E-state index in [1.54, 1.807) is 6.92 Å². The fourth-order valence-corrected chi connectivity index (χ4v) is 0.745. The summed E-state index contributed by atoms with van der Waals surface area (Å²) in [7, 11) is 1.26. The SMILES string of the molecule is COC(=O)C(C)(CS)NC=O. The number of carbonyl (C=O) groups is 2. The van der Waals surface area contributed by atoms with Gasteiger partial charge < -0.3 is 10.1 Å². The first-order valence-electron chi connectivity index (χ1n) is 3.01. The Labute approximate surface area is 70.7 Å². The summed E-state index contributed by atoms with van der Waals surface area (Å²) in [6.07, 6.45) is 0.452. The van der Waals surface area contributed by atoms with Crippen molar-refractivity contribution in [3.05, 3.63) is 0 Å². The molecule has 1 amide bonds. The van der Waals surface area contributed by atoms with Crippen LogP contribution in [-0.4, -0.2) is 30.8 Å². The first-order chi connectivity index (χ1) is 5.10. The fraction of sp³-hybridized carbons (Fsp3) is 0.667. The van der Waals surface area contributed by atoms with Crippen LogP contribution in [0.25, 0.3) is 0 Å². The molecule has 0 aromatic rings. The van der Waals surface area contributed by atoms with Gasteiger partial charge in [0.25, 0.3) is 0 Å². The monoisotopic (exact) mass is 177 g/mol. The van der Waals surface area contributed by atoms with Crippen LogP contribution in [0, 0.1) is 0 Å². The number of hydrogen-bond acceptors (Lipinski definition) is 4. The molecule has 1 unspecified atom stereocenters. The zero-order chi connectivity index (χ0) is 8.91. The maximum atomic E-state index is 11.0. The second-order valence-electron chi connectivity index (χ2n) is 2.24. The van der Waals surface area contributed by atoms with Crippen molar-refractivity contribution in [2.45, 2.75) is 12.5 Å². The third-order valence-corrected chi connectivity index (χ3v) is 1.96. The van der Waals surface area contributed by atoms with Crippen LogP contribution in [-0.2, 0) is 14.3 Å². The smallest absolute Gasteiger partial charge is 0.332 e. The molecule has 0 aliphatic heterocycles. The molecule has 1 N–H and O–H groups in total. The van der Waals surface area contributed by atoms with Crippen LogP contribution in [0.5, 0.6) is 0 Å². The predicted octanol–water partition coefficient (Wildman–Crippen LogP) is -0.406. The molecule has 0 aromatic carbocycles. The molecule has 0 aliphatic rings. The van der Waals surface area contributed by atoms with E-state index in [1.807, 2.05) is 0 Å². The Morgan fingerprint density at radius 2 is 2.36 bits per heavy atom. The number of esters is 1. The number of rotatable bonds is 4. The van der Waals surface area contributed by atoms with Gasteiger partial charge in [-0.1, -0.05) is 0 Å². The molecule has 0 spiro atoms. The van der Waals surface area contributed by atoms with Crippen LogP contribution in [0.3, 0.4) is 0 Å². The number of methoxy groups -OCH3 is 1.